The number of hydroxylamine groups is 1. The molecule has 0 aliphatic rings. The lowest BCUT2D eigenvalue weighted by atomic mass is 10.0. The van der Waals surface area contributed by atoms with Gasteiger partial charge in [-0.25, -0.2) is 13.9 Å². The highest BCUT2D eigenvalue weighted by molar-refractivity contribution is 7.92. The number of nitrogens with one attached hydrogen (secondary N) is 1. The van der Waals surface area contributed by atoms with Crippen molar-refractivity contribution in [2.24, 2.45) is 0 Å². The minimum Gasteiger partial charge on any atom is -0.315 e. The van der Waals surface area contributed by atoms with E-state index in [0.717, 1.165) is 17.4 Å². The molecule has 0 radical (unpaired) electrons. The van der Waals surface area contributed by atoms with E-state index in [1.165, 1.54) is 17.0 Å². The molecule has 0 unspecified atom stereocenters. The number of carbonyl (C=O) groups is 1. The summed E-state index contributed by atoms with van der Waals surface area (Å²) in [5.74, 6) is -1.03. The second-order valence-electron chi connectivity index (χ2n) is 6.55. The van der Waals surface area contributed by atoms with Crippen molar-refractivity contribution in [1.82, 2.24) is 10.0 Å². The van der Waals surface area contributed by atoms with Crippen LogP contribution in [-0.4, -0.2) is 35.1 Å². The zero-order valence-corrected chi connectivity index (χ0v) is 16.8. The number of benzene rings is 1. The fourth-order valence-electron chi connectivity index (χ4n) is 2.73. The highest BCUT2D eigenvalue weighted by Crippen LogP contribution is 2.24. The van der Waals surface area contributed by atoms with Crippen LogP contribution in [0.15, 0.2) is 41.3 Å². The maximum Gasteiger partial charge on any atom is 0.264 e. The Kier molecular flexibility index (Phi) is 6.14. The molecule has 1 aromatic carbocycles. The van der Waals surface area contributed by atoms with Gasteiger partial charge >= 0.3 is 0 Å². The van der Waals surface area contributed by atoms with E-state index in [-0.39, 0.29) is 18.5 Å². The number of pyridine rings is 1. The lowest BCUT2D eigenvalue weighted by Gasteiger charge is -2.25. The van der Waals surface area contributed by atoms with Crippen LogP contribution in [0.1, 0.15) is 18.9 Å². The molecule has 1 atom stereocenters. The van der Waals surface area contributed by atoms with Gasteiger partial charge in [0, 0.05) is 29.6 Å². The predicted molar refractivity (Wildman–Crippen MR) is 104 cm³/mol. The van der Waals surface area contributed by atoms with E-state index in [1.54, 1.807) is 43.5 Å². The second kappa shape index (κ2) is 7.84. The fourth-order valence-corrected chi connectivity index (χ4v) is 3.70. The lowest BCUT2D eigenvalue weighted by molar-refractivity contribution is -0.131. The summed E-state index contributed by atoms with van der Waals surface area (Å²) in [7, 11) is -3.82. The molecule has 9 heteroatoms. The van der Waals surface area contributed by atoms with Crippen LogP contribution in [-0.2, 0) is 21.2 Å². The number of carbonyl (C=O) groups excluding carboxylic acids is 1. The van der Waals surface area contributed by atoms with E-state index >= 15 is 0 Å². The molecule has 0 aliphatic heterocycles. The van der Waals surface area contributed by atoms with Gasteiger partial charge in [-0.2, -0.15) is 0 Å². The first-order valence-corrected chi connectivity index (χ1v) is 10.4. The molecule has 1 amide bonds. The minimum atomic E-state index is -3.82. The molecule has 1 heterocycles. The predicted octanol–water partition coefficient (Wildman–Crippen LogP) is 2.18. The van der Waals surface area contributed by atoms with Crippen molar-refractivity contribution in [3.63, 3.8) is 0 Å². The molecule has 2 N–H and O–H groups in total. The van der Waals surface area contributed by atoms with Crippen molar-refractivity contribution in [1.29, 1.82) is 0 Å². The molecule has 27 heavy (non-hydrogen) atoms. The summed E-state index contributed by atoms with van der Waals surface area (Å²) in [6.45, 7) is 2.89. The van der Waals surface area contributed by atoms with Gasteiger partial charge < -0.3 is 4.57 Å². The highest BCUT2D eigenvalue weighted by Gasteiger charge is 2.43. The fraction of sp³-hybridized carbons (Fsp3) is 0.333. The Morgan fingerprint density at radius 1 is 1.26 bits per heavy atom. The molecule has 0 saturated carbocycles. The standard InChI is InChI=1S/C18H21ClN2O5S/c1-12-15(13-4-6-14(19)7-5-13)8-10-21(16(12)22)11-9-18(2,17(23)20-24)27(3,25)26/h4-8,10,24H,9,11H2,1-3H3,(H,20,23)/t18-/m1/s1. The smallest absolute Gasteiger partial charge is 0.264 e. The van der Waals surface area contributed by atoms with E-state index in [0.29, 0.717) is 10.6 Å². The van der Waals surface area contributed by atoms with Crippen LogP contribution in [0.25, 0.3) is 11.1 Å². The average molecular weight is 413 g/mol. The summed E-state index contributed by atoms with van der Waals surface area (Å²) >= 11 is 5.89. The largest absolute Gasteiger partial charge is 0.315 e. The molecule has 0 bridgehead atoms. The summed E-state index contributed by atoms with van der Waals surface area (Å²) in [6.07, 6.45) is 2.30. The van der Waals surface area contributed by atoms with Crippen LogP contribution in [0.3, 0.4) is 0 Å². The summed E-state index contributed by atoms with van der Waals surface area (Å²) in [5.41, 5.74) is 3.17. The molecular weight excluding hydrogens is 392 g/mol. The van der Waals surface area contributed by atoms with Gasteiger partial charge in [-0.1, -0.05) is 23.7 Å². The summed E-state index contributed by atoms with van der Waals surface area (Å²) in [4.78, 5) is 24.6. The van der Waals surface area contributed by atoms with E-state index in [4.69, 9.17) is 16.8 Å². The van der Waals surface area contributed by atoms with Gasteiger partial charge in [0.05, 0.1) is 0 Å². The zero-order valence-electron chi connectivity index (χ0n) is 15.2. The Hall–Kier alpha value is -2.16. The quantitative estimate of drug-likeness (QED) is 0.558. The number of hydrogen-bond acceptors (Lipinski definition) is 5. The van der Waals surface area contributed by atoms with Crippen molar-refractivity contribution >= 4 is 27.3 Å². The number of hydrogen-bond donors (Lipinski definition) is 2. The van der Waals surface area contributed by atoms with Crippen LogP contribution < -0.4 is 11.0 Å². The van der Waals surface area contributed by atoms with Crippen molar-refractivity contribution in [3.8, 4) is 11.1 Å². The van der Waals surface area contributed by atoms with Crippen molar-refractivity contribution < 1.29 is 18.4 Å². The number of halogens is 1. The Labute approximate surface area is 162 Å². The molecule has 2 rings (SSSR count). The molecule has 146 valence electrons. The van der Waals surface area contributed by atoms with Gasteiger partial charge in [0.15, 0.2) is 14.6 Å². The van der Waals surface area contributed by atoms with Gasteiger partial charge in [-0.3, -0.25) is 14.8 Å². The first-order valence-electron chi connectivity index (χ1n) is 8.11. The monoisotopic (exact) mass is 412 g/mol. The van der Waals surface area contributed by atoms with E-state index in [1.807, 2.05) is 0 Å². The van der Waals surface area contributed by atoms with Gasteiger partial charge in [-0.15, -0.1) is 0 Å². The van der Waals surface area contributed by atoms with Crippen LogP contribution in [0.5, 0.6) is 0 Å². The summed E-state index contributed by atoms with van der Waals surface area (Å²) in [5, 5.41) is 9.46. The number of aromatic nitrogens is 1. The second-order valence-corrected chi connectivity index (χ2v) is 9.44. The van der Waals surface area contributed by atoms with E-state index in [2.05, 4.69) is 0 Å². The van der Waals surface area contributed by atoms with Crippen LogP contribution in [0.4, 0.5) is 0 Å². The molecule has 0 aliphatic carbocycles. The highest BCUT2D eigenvalue weighted by atomic mass is 35.5. The lowest BCUT2D eigenvalue weighted by Crippen LogP contribution is -2.50. The van der Waals surface area contributed by atoms with E-state index < -0.39 is 20.5 Å². The topological polar surface area (TPSA) is 105 Å². The number of sulfone groups is 1. The molecular formula is C18H21ClN2O5S. The number of amides is 1. The molecule has 1 aromatic heterocycles. The van der Waals surface area contributed by atoms with Gasteiger partial charge in [0.2, 0.25) is 0 Å². The number of rotatable bonds is 6. The Morgan fingerprint density at radius 3 is 2.37 bits per heavy atom. The third-order valence-corrected chi connectivity index (χ3v) is 7.07. The summed E-state index contributed by atoms with van der Waals surface area (Å²) < 4.78 is 23.5. The maximum absolute atomic E-state index is 12.7. The average Bonchev–Trinajstić information content (AvgIpc) is 2.62. The van der Waals surface area contributed by atoms with E-state index in [9.17, 15) is 18.0 Å². The van der Waals surface area contributed by atoms with Gasteiger partial charge in [0.1, 0.15) is 0 Å². The molecule has 0 saturated heterocycles. The minimum absolute atomic E-state index is 0.00242. The Balaban J connectivity index is 2.36. The van der Waals surface area contributed by atoms with Gasteiger partial charge in [-0.05, 0) is 49.6 Å². The van der Waals surface area contributed by atoms with Gasteiger partial charge in [0.25, 0.3) is 11.5 Å². The molecule has 2 aromatic rings. The normalized spacial score (nSPS) is 13.8. The number of aryl methyl sites for hydroxylation is 1. The first-order chi connectivity index (χ1) is 12.5. The summed E-state index contributed by atoms with van der Waals surface area (Å²) in [6, 6.07) is 8.82. The third-order valence-electron chi connectivity index (χ3n) is 4.79. The van der Waals surface area contributed by atoms with Crippen molar-refractivity contribution in [2.75, 3.05) is 6.26 Å². The van der Waals surface area contributed by atoms with Crippen LogP contribution in [0, 0.1) is 6.92 Å². The van der Waals surface area contributed by atoms with Crippen molar-refractivity contribution in [2.45, 2.75) is 31.6 Å². The Morgan fingerprint density at radius 2 is 1.85 bits per heavy atom. The Bertz CT molecular complexity index is 1020. The number of nitrogens with zero attached hydrogens (tertiary/aromatic N) is 1. The maximum atomic E-state index is 12.7. The molecule has 0 spiro atoms. The molecule has 7 nitrogen and oxygen atoms in total. The van der Waals surface area contributed by atoms with Crippen molar-refractivity contribution in [3.05, 3.63) is 57.5 Å². The van der Waals surface area contributed by atoms with Crippen LogP contribution >= 0.6 is 11.6 Å². The van der Waals surface area contributed by atoms with Crippen LogP contribution in [0.2, 0.25) is 5.02 Å². The zero-order chi connectivity index (χ0) is 20.4. The SMILES string of the molecule is Cc1c(-c2ccc(Cl)cc2)ccn(CC[C@](C)(C(=O)NO)S(C)(=O)=O)c1=O. The first kappa shape index (κ1) is 21.1. The molecule has 0 fully saturated rings. The third kappa shape index (κ3) is 4.23.